The molecule has 0 aromatic heterocycles. The zero-order chi connectivity index (χ0) is 17.4. The zero-order valence-electron chi connectivity index (χ0n) is 13.5. The van der Waals surface area contributed by atoms with Crippen molar-refractivity contribution in [3.05, 3.63) is 59.7 Å². The Labute approximate surface area is 139 Å². The molecule has 0 bridgehead atoms. The first-order valence-electron chi connectivity index (χ1n) is 7.26. The second-order valence-electron chi connectivity index (χ2n) is 4.74. The monoisotopic (exact) mass is 330 g/mol. The molecular formula is C18H18O6. The van der Waals surface area contributed by atoms with E-state index < -0.39 is 11.9 Å². The second-order valence-corrected chi connectivity index (χ2v) is 4.74. The van der Waals surface area contributed by atoms with E-state index in [2.05, 4.69) is 9.47 Å². The molecule has 0 amide bonds. The van der Waals surface area contributed by atoms with Crippen LogP contribution in [0.25, 0.3) is 0 Å². The summed E-state index contributed by atoms with van der Waals surface area (Å²) in [5.41, 5.74) is 0.836. The highest BCUT2D eigenvalue weighted by molar-refractivity contribution is 5.90. The van der Waals surface area contributed by atoms with Crippen molar-refractivity contribution in [1.82, 2.24) is 0 Å². The summed E-state index contributed by atoms with van der Waals surface area (Å²) in [7, 11) is 2.65. The Morgan fingerprint density at radius 1 is 0.750 bits per heavy atom. The summed E-state index contributed by atoms with van der Waals surface area (Å²) in [6, 6.07) is 13.4. The SMILES string of the molecule is COC(=O)c1cccc(OCCOc2cccc(C(=O)OC)c2)c1. The van der Waals surface area contributed by atoms with E-state index in [4.69, 9.17) is 9.47 Å². The molecule has 6 nitrogen and oxygen atoms in total. The number of rotatable bonds is 7. The van der Waals surface area contributed by atoms with E-state index >= 15 is 0 Å². The van der Waals surface area contributed by atoms with Crippen molar-refractivity contribution >= 4 is 11.9 Å². The molecule has 2 aromatic carbocycles. The molecule has 0 aliphatic carbocycles. The topological polar surface area (TPSA) is 71.1 Å². The maximum absolute atomic E-state index is 11.5. The summed E-state index contributed by atoms with van der Waals surface area (Å²) in [6.45, 7) is 0.570. The van der Waals surface area contributed by atoms with Gasteiger partial charge < -0.3 is 18.9 Å². The maximum atomic E-state index is 11.5. The van der Waals surface area contributed by atoms with Gasteiger partial charge in [-0.3, -0.25) is 0 Å². The predicted molar refractivity (Wildman–Crippen MR) is 86.6 cm³/mol. The summed E-state index contributed by atoms with van der Waals surface area (Å²) in [5, 5.41) is 0. The normalized spacial score (nSPS) is 9.92. The molecule has 2 aromatic rings. The van der Waals surface area contributed by atoms with Gasteiger partial charge in [0.2, 0.25) is 0 Å². The molecule has 0 aliphatic heterocycles. The van der Waals surface area contributed by atoms with Crippen LogP contribution in [0.2, 0.25) is 0 Å². The fourth-order valence-electron chi connectivity index (χ4n) is 1.98. The molecule has 0 atom stereocenters. The third-order valence-corrected chi connectivity index (χ3v) is 3.13. The smallest absolute Gasteiger partial charge is 0.337 e. The molecule has 0 unspecified atom stereocenters. The summed E-state index contributed by atoms with van der Waals surface area (Å²) >= 11 is 0. The van der Waals surface area contributed by atoms with Crippen LogP contribution >= 0.6 is 0 Å². The van der Waals surface area contributed by atoms with Crippen molar-refractivity contribution in [1.29, 1.82) is 0 Å². The number of methoxy groups -OCH3 is 2. The average Bonchev–Trinajstić information content (AvgIpc) is 2.64. The lowest BCUT2D eigenvalue weighted by Gasteiger charge is -2.10. The number of esters is 2. The van der Waals surface area contributed by atoms with Crippen LogP contribution in [-0.4, -0.2) is 39.4 Å². The molecule has 24 heavy (non-hydrogen) atoms. The molecule has 126 valence electrons. The van der Waals surface area contributed by atoms with Crippen molar-refractivity contribution < 1.29 is 28.5 Å². The van der Waals surface area contributed by atoms with Crippen molar-refractivity contribution in [2.45, 2.75) is 0 Å². The van der Waals surface area contributed by atoms with E-state index in [1.54, 1.807) is 48.5 Å². The Morgan fingerprint density at radius 2 is 1.17 bits per heavy atom. The fraction of sp³-hybridized carbons (Fsp3) is 0.222. The fourth-order valence-corrected chi connectivity index (χ4v) is 1.98. The van der Waals surface area contributed by atoms with Crippen molar-refractivity contribution in [3.8, 4) is 11.5 Å². The van der Waals surface area contributed by atoms with E-state index in [1.807, 2.05) is 0 Å². The van der Waals surface area contributed by atoms with Crippen LogP contribution in [0.4, 0.5) is 0 Å². The van der Waals surface area contributed by atoms with Crippen LogP contribution in [0.15, 0.2) is 48.5 Å². The van der Waals surface area contributed by atoms with Gasteiger partial charge in [-0.25, -0.2) is 9.59 Å². The predicted octanol–water partition coefficient (Wildman–Crippen LogP) is 2.72. The molecule has 0 saturated heterocycles. The first-order chi connectivity index (χ1) is 11.6. The van der Waals surface area contributed by atoms with Crippen LogP contribution in [0.1, 0.15) is 20.7 Å². The molecule has 0 fully saturated rings. The van der Waals surface area contributed by atoms with Crippen LogP contribution in [-0.2, 0) is 9.47 Å². The highest BCUT2D eigenvalue weighted by Gasteiger charge is 2.07. The number of carbonyl (C=O) groups excluding carboxylic acids is 2. The Morgan fingerprint density at radius 3 is 1.54 bits per heavy atom. The van der Waals surface area contributed by atoms with Gasteiger partial charge in [-0.15, -0.1) is 0 Å². The molecular weight excluding hydrogens is 312 g/mol. The van der Waals surface area contributed by atoms with Gasteiger partial charge in [0.05, 0.1) is 25.3 Å². The molecule has 2 rings (SSSR count). The number of hydrogen-bond donors (Lipinski definition) is 0. The number of hydrogen-bond acceptors (Lipinski definition) is 6. The Bertz CT molecular complexity index is 649. The van der Waals surface area contributed by atoms with Gasteiger partial charge in [-0.1, -0.05) is 12.1 Å². The summed E-state index contributed by atoms with van der Waals surface area (Å²) in [6.07, 6.45) is 0. The minimum Gasteiger partial charge on any atom is -0.490 e. The van der Waals surface area contributed by atoms with Gasteiger partial charge in [0, 0.05) is 0 Å². The summed E-state index contributed by atoms with van der Waals surface area (Å²) < 4.78 is 20.4. The molecule has 0 N–H and O–H groups in total. The van der Waals surface area contributed by atoms with Gasteiger partial charge in [0.15, 0.2) is 0 Å². The molecule has 0 saturated carbocycles. The standard InChI is InChI=1S/C18H18O6/c1-21-17(19)13-5-3-7-15(11-13)23-9-10-24-16-8-4-6-14(12-16)18(20)22-2/h3-8,11-12H,9-10H2,1-2H3. The van der Waals surface area contributed by atoms with Crippen LogP contribution in [0, 0.1) is 0 Å². The van der Waals surface area contributed by atoms with E-state index in [0.29, 0.717) is 22.6 Å². The van der Waals surface area contributed by atoms with Gasteiger partial charge in [0.25, 0.3) is 0 Å². The first kappa shape index (κ1) is 17.3. The van der Waals surface area contributed by atoms with Crippen molar-refractivity contribution in [2.75, 3.05) is 27.4 Å². The van der Waals surface area contributed by atoms with Gasteiger partial charge >= 0.3 is 11.9 Å². The minimum atomic E-state index is -0.420. The Balaban J connectivity index is 1.85. The lowest BCUT2D eigenvalue weighted by Crippen LogP contribution is -2.10. The van der Waals surface area contributed by atoms with E-state index in [0.717, 1.165) is 0 Å². The molecule has 0 heterocycles. The minimum absolute atomic E-state index is 0.285. The Hall–Kier alpha value is -3.02. The van der Waals surface area contributed by atoms with E-state index in [-0.39, 0.29) is 13.2 Å². The van der Waals surface area contributed by atoms with Crippen LogP contribution < -0.4 is 9.47 Å². The van der Waals surface area contributed by atoms with Gasteiger partial charge in [0.1, 0.15) is 24.7 Å². The van der Waals surface area contributed by atoms with Crippen LogP contribution in [0.5, 0.6) is 11.5 Å². The third kappa shape index (κ3) is 4.74. The number of carbonyl (C=O) groups is 2. The van der Waals surface area contributed by atoms with Crippen molar-refractivity contribution in [3.63, 3.8) is 0 Å². The van der Waals surface area contributed by atoms with Gasteiger partial charge in [-0.05, 0) is 36.4 Å². The third-order valence-electron chi connectivity index (χ3n) is 3.13. The largest absolute Gasteiger partial charge is 0.490 e. The highest BCUT2D eigenvalue weighted by Crippen LogP contribution is 2.16. The second kappa shape index (κ2) is 8.57. The van der Waals surface area contributed by atoms with E-state index in [1.165, 1.54) is 14.2 Å². The van der Waals surface area contributed by atoms with E-state index in [9.17, 15) is 9.59 Å². The zero-order valence-corrected chi connectivity index (χ0v) is 13.5. The number of benzene rings is 2. The maximum Gasteiger partial charge on any atom is 0.337 e. The van der Waals surface area contributed by atoms with Gasteiger partial charge in [-0.2, -0.15) is 0 Å². The van der Waals surface area contributed by atoms with Crippen LogP contribution in [0.3, 0.4) is 0 Å². The first-order valence-corrected chi connectivity index (χ1v) is 7.26. The molecule has 0 aliphatic rings. The lowest BCUT2D eigenvalue weighted by atomic mass is 10.2. The highest BCUT2D eigenvalue weighted by atomic mass is 16.5. The summed E-state index contributed by atoms with van der Waals surface area (Å²) in [4.78, 5) is 22.9. The average molecular weight is 330 g/mol. The number of ether oxygens (including phenoxy) is 4. The Kier molecular flexibility index (Phi) is 6.19. The summed E-state index contributed by atoms with van der Waals surface area (Å²) in [5.74, 6) is 0.252. The molecule has 0 radical (unpaired) electrons. The van der Waals surface area contributed by atoms with Crippen molar-refractivity contribution in [2.24, 2.45) is 0 Å². The lowest BCUT2D eigenvalue weighted by molar-refractivity contribution is 0.0591. The molecule has 6 heteroatoms. The quantitative estimate of drug-likeness (QED) is 0.574. The molecule has 0 spiro atoms.